The lowest BCUT2D eigenvalue weighted by Gasteiger charge is -2.41. The molecule has 0 spiro atoms. The third-order valence-electron chi connectivity index (χ3n) is 5.89. The van der Waals surface area contributed by atoms with Crippen molar-refractivity contribution < 1.29 is 30.8 Å². The molecule has 5 nitrogen and oxygen atoms in total. The predicted molar refractivity (Wildman–Crippen MR) is 106 cm³/mol. The summed E-state index contributed by atoms with van der Waals surface area (Å²) in [6.07, 6.45) is 1.41. The molecule has 2 aromatic carbocycles. The molecule has 0 aromatic heterocycles. The molecule has 1 N–H and O–H groups in total. The van der Waals surface area contributed by atoms with Crippen LogP contribution in [-0.4, -0.2) is 44.6 Å². The van der Waals surface area contributed by atoms with Crippen LogP contribution < -0.4 is 4.72 Å². The SMILES string of the molecule is CS(=O)(=O)NC[C@@H]1CCN1C(=O)[C@@H]1C[C@@]1(F)c1ccccc1-c1c(F)ccc(F)c1F. The van der Waals surface area contributed by atoms with E-state index < -0.39 is 50.5 Å². The Morgan fingerprint density at radius 2 is 1.84 bits per heavy atom. The van der Waals surface area contributed by atoms with Gasteiger partial charge in [-0.2, -0.15) is 0 Å². The Hall–Kier alpha value is -2.46. The zero-order valence-electron chi connectivity index (χ0n) is 16.5. The molecule has 0 bridgehead atoms. The van der Waals surface area contributed by atoms with E-state index in [1.165, 1.54) is 29.2 Å². The highest BCUT2D eigenvalue weighted by molar-refractivity contribution is 7.88. The Kier molecular flexibility index (Phi) is 5.33. The van der Waals surface area contributed by atoms with Gasteiger partial charge in [0.25, 0.3) is 0 Å². The molecule has 2 fully saturated rings. The number of benzene rings is 2. The molecular weight excluding hydrogens is 436 g/mol. The van der Waals surface area contributed by atoms with E-state index in [9.17, 15) is 26.4 Å². The van der Waals surface area contributed by atoms with Crippen LogP contribution in [0.15, 0.2) is 36.4 Å². The normalized spacial score (nSPS) is 25.3. The number of hydrogen-bond acceptors (Lipinski definition) is 3. The summed E-state index contributed by atoms with van der Waals surface area (Å²) in [6.45, 7) is 0.406. The van der Waals surface area contributed by atoms with Crippen molar-refractivity contribution in [3.8, 4) is 11.1 Å². The fourth-order valence-electron chi connectivity index (χ4n) is 4.05. The molecule has 31 heavy (non-hydrogen) atoms. The van der Waals surface area contributed by atoms with E-state index in [1.807, 2.05) is 0 Å². The third kappa shape index (κ3) is 3.94. The second-order valence-corrected chi connectivity index (χ2v) is 9.81. The lowest BCUT2D eigenvalue weighted by molar-refractivity contribution is -0.141. The number of nitrogens with zero attached hydrogens (tertiary/aromatic N) is 1. The highest BCUT2D eigenvalue weighted by Gasteiger charge is 2.63. The Morgan fingerprint density at radius 3 is 2.48 bits per heavy atom. The monoisotopic (exact) mass is 456 g/mol. The van der Waals surface area contributed by atoms with Crippen LogP contribution in [-0.2, 0) is 20.5 Å². The number of halogens is 4. The first-order valence-electron chi connectivity index (χ1n) is 9.70. The molecule has 166 valence electrons. The minimum Gasteiger partial charge on any atom is -0.338 e. The van der Waals surface area contributed by atoms with Crippen LogP contribution in [0.25, 0.3) is 11.1 Å². The Bertz CT molecular complexity index is 1160. The standard InChI is InChI=1S/C21H20F4N2O3S/c1-31(29,30)26-11-12-8-9-27(12)20(28)15-10-21(15,25)14-5-3-2-4-13(14)18-16(22)6-7-17(23)19(18)24/h2-7,12,15,26H,8-11H2,1H3/t12-,15-,21+/m0/s1. The second kappa shape index (κ2) is 7.59. The Balaban J connectivity index is 1.59. The van der Waals surface area contributed by atoms with E-state index >= 15 is 4.39 Å². The average Bonchev–Trinajstić information content (AvgIpc) is 3.37. The topological polar surface area (TPSA) is 66.5 Å². The van der Waals surface area contributed by atoms with Crippen molar-refractivity contribution in [1.29, 1.82) is 0 Å². The van der Waals surface area contributed by atoms with Gasteiger partial charge in [-0.1, -0.05) is 24.3 Å². The molecule has 1 amide bonds. The van der Waals surface area contributed by atoms with Gasteiger partial charge < -0.3 is 4.90 Å². The summed E-state index contributed by atoms with van der Waals surface area (Å²) < 4.78 is 83.0. The largest absolute Gasteiger partial charge is 0.338 e. The van der Waals surface area contributed by atoms with Gasteiger partial charge in [-0.3, -0.25) is 4.79 Å². The zero-order chi connectivity index (χ0) is 22.6. The van der Waals surface area contributed by atoms with Crippen LogP contribution in [0.2, 0.25) is 0 Å². The quantitative estimate of drug-likeness (QED) is 0.537. The molecule has 4 rings (SSSR count). The van der Waals surface area contributed by atoms with E-state index in [1.54, 1.807) is 0 Å². The van der Waals surface area contributed by atoms with Crippen LogP contribution in [0, 0.1) is 23.4 Å². The summed E-state index contributed by atoms with van der Waals surface area (Å²) in [5.41, 5.74) is -3.05. The number of amides is 1. The zero-order valence-corrected chi connectivity index (χ0v) is 17.4. The molecule has 2 aromatic rings. The van der Waals surface area contributed by atoms with Gasteiger partial charge >= 0.3 is 0 Å². The van der Waals surface area contributed by atoms with Crippen LogP contribution >= 0.6 is 0 Å². The van der Waals surface area contributed by atoms with E-state index in [0.29, 0.717) is 19.0 Å². The van der Waals surface area contributed by atoms with E-state index in [4.69, 9.17) is 0 Å². The lowest BCUT2D eigenvalue weighted by atomic mass is 9.93. The highest BCUT2D eigenvalue weighted by atomic mass is 32.2. The molecule has 1 saturated carbocycles. The van der Waals surface area contributed by atoms with Gasteiger partial charge in [-0.25, -0.2) is 30.7 Å². The van der Waals surface area contributed by atoms with Crippen LogP contribution in [0.4, 0.5) is 17.6 Å². The number of alkyl halides is 1. The number of carbonyl (C=O) groups excluding carboxylic acids is 1. The maximum Gasteiger partial charge on any atom is 0.229 e. The predicted octanol–water partition coefficient (Wildman–Crippen LogP) is 3.11. The Labute approximate surface area is 177 Å². The maximum absolute atomic E-state index is 15.8. The molecular formula is C21H20F4N2O3S. The van der Waals surface area contributed by atoms with Crippen LogP contribution in [0.1, 0.15) is 18.4 Å². The van der Waals surface area contributed by atoms with Crippen LogP contribution in [0.3, 0.4) is 0 Å². The van der Waals surface area contributed by atoms with Gasteiger partial charge in [0.05, 0.1) is 17.7 Å². The smallest absolute Gasteiger partial charge is 0.229 e. The summed E-state index contributed by atoms with van der Waals surface area (Å²) in [7, 11) is -3.43. The first-order valence-corrected chi connectivity index (χ1v) is 11.6. The number of hydrogen-bond donors (Lipinski definition) is 1. The van der Waals surface area contributed by atoms with Gasteiger partial charge in [0.2, 0.25) is 15.9 Å². The van der Waals surface area contributed by atoms with E-state index in [-0.39, 0.29) is 30.1 Å². The van der Waals surface area contributed by atoms with Gasteiger partial charge in [-0.05, 0) is 29.7 Å². The van der Waals surface area contributed by atoms with Crippen molar-refractivity contribution in [3.63, 3.8) is 0 Å². The van der Waals surface area contributed by atoms with Crippen molar-refractivity contribution in [2.24, 2.45) is 5.92 Å². The maximum atomic E-state index is 15.8. The highest BCUT2D eigenvalue weighted by Crippen LogP contribution is 2.59. The fraction of sp³-hybridized carbons (Fsp3) is 0.381. The summed E-state index contributed by atoms with van der Waals surface area (Å²) in [4.78, 5) is 14.3. The van der Waals surface area contributed by atoms with Crippen molar-refractivity contribution >= 4 is 15.9 Å². The third-order valence-corrected chi connectivity index (χ3v) is 6.58. The first kappa shape index (κ1) is 21.8. The van der Waals surface area contributed by atoms with Crippen LogP contribution in [0.5, 0.6) is 0 Å². The van der Waals surface area contributed by atoms with Crippen molar-refractivity contribution in [3.05, 3.63) is 59.4 Å². The van der Waals surface area contributed by atoms with E-state index in [0.717, 1.165) is 12.3 Å². The van der Waals surface area contributed by atoms with Gasteiger partial charge in [0, 0.05) is 25.6 Å². The molecule has 1 aliphatic heterocycles. The van der Waals surface area contributed by atoms with E-state index in [2.05, 4.69) is 4.72 Å². The fourth-order valence-corrected chi connectivity index (χ4v) is 4.54. The minimum atomic E-state index is -3.43. The van der Waals surface area contributed by atoms with Crippen molar-refractivity contribution in [1.82, 2.24) is 9.62 Å². The number of sulfonamides is 1. The molecule has 0 radical (unpaired) electrons. The number of rotatable bonds is 6. The summed E-state index contributed by atoms with van der Waals surface area (Å²) in [5.74, 6) is -5.26. The number of likely N-dealkylation sites (tertiary alicyclic amines) is 1. The van der Waals surface area contributed by atoms with Gasteiger partial charge in [0.15, 0.2) is 11.6 Å². The molecule has 3 atom stereocenters. The lowest BCUT2D eigenvalue weighted by Crippen LogP contribution is -2.56. The summed E-state index contributed by atoms with van der Waals surface area (Å²) >= 11 is 0. The van der Waals surface area contributed by atoms with Gasteiger partial charge in [-0.15, -0.1) is 0 Å². The number of nitrogens with one attached hydrogen (secondary N) is 1. The molecule has 2 aliphatic rings. The van der Waals surface area contributed by atoms with Crippen molar-refractivity contribution in [2.75, 3.05) is 19.3 Å². The second-order valence-electron chi connectivity index (χ2n) is 7.98. The summed E-state index contributed by atoms with van der Waals surface area (Å²) in [5, 5.41) is 0. The molecule has 1 aliphatic carbocycles. The average molecular weight is 456 g/mol. The molecule has 10 heteroatoms. The number of carbonyl (C=O) groups is 1. The molecule has 1 saturated heterocycles. The molecule has 1 heterocycles. The molecule has 0 unspecified atom stereocenters. The van der Waals surface area contributed by atoms with Gasteiger partial charge in [0.1, 0.15) is 11.5 Å². The van der Waals surface area contributed by atoms with Crippen molar-refractivity contribution in [2.45, 2.75) is 24.6 Å². The Morgan fingerprint density at radius 1 is 1.16 bits per heavy atom. The summed E-state index contributed by atoms with van der Waals surface area (Å²) in [6, 6.07) is 6.61. The first-order chi connectivity index (χ1) is 14.5. The minimum absolute atomic E-state index is 0.0346.